The first-order valence-electron chi connectivity index (χ1n) is 11.2. The Morgan fingerprint density at radius 2 is 1.88 bits per heavy atom. The first-order valence-corrected chi connectivity index (χ1v) is 12.5. The molecule has 0 radical (unpaired) electrons. The summed E-state index contributed by atoms with van der Waals surface area (Å²) in [6.07, 6.45) is 3.28. The number of piperazine rings is 1. The van der Waals surface area contributed by atoms with E-state index in [9.17, 15) is 14.0 Å². The minimum atomic E-state index is -0.513. The lowest BCUT2D eigenvalue weighted by atomic mass is 10.1. The van der Waals surface area contributed by atoms with Gasteiger partial charge in [-0.15, -0.1) is 0 Å². The van der Waals surface area contributed by atoms with Gasteiger partial charge in [0.15, 0.2) is 5.16 Å². The molecule has 0 N–H and O–H groups in total. The fraction of sp³-hybridized carbons (Fsp3) is 0.478. The molecule has 0 spiro atoms. The van der Waals surface area contributed by atoms with Gasteiger partial charge in [0.2, 0.25) is 5.91 Å². The largest absolute Gasteiger partial charge is 0.353 e. The number of nitrogens with zero attached hydrogens (tertiary/aromatic N) is 5. The van der Waals surface area contributed by atoms with Gasteiger partial charge in [0.05, 0.1) is 11.3 Å². The minimum Gasteiger partial charge on any atom is -0.353 e. The van der Waals surface area contributed by atoms with Crippen molar-refractivity contribution in [1.29, 1.82) is 0 Å². The van der Waals surface area contributed by atoms with Crippen molar-refractivity contribution in [2.24, 2.45) is 0 Å². The van der Waals surface area contributed by atoms with Crippen LogP contribution in [0.2, 0.25) is 5.15 Å². The van der Waals surface area contributed by atoms with Crippen molar-refractivity contribution >= 4 is 41.0 Å². The fourth-order valence-corrected chi connectivity index (χ4v) is 5.21. The summed E-state index contributed by atoms with van der Waals surface area (Å²) >= 11 is 7.54. The highest BCUT2D eigenvalue weighted by Crippen LogP contribution is 2.25. The molecule has 176 valence electrons. The van der Waals surface area contributed by atoms with Gasteiger partial charge in [-0.2, -0.15) is 0 Å². The number of thioether (sulfide) groups is 1. The SMILES string of the molecule is CC1CN(c2cc(Cl)nc(SCC(=O)N3CCCCC3)n2)CCN1C(=O)c1ccccc1F. The average Bonchev–Trinajstić information content (AvgIpc) is 2.82. The molecule has 1 aromatic carbocycles. The van der Waals surface area contributed by atoms with Gasteiger partial charge in [-0.05, 0) is 38.3 Å². The fourth-order valence-electron chi connectivity index (χ4n) is 4.23. The van der Waals surface area contributed by atoms with Crippen LogP contribution in [-0.2, 0) is 4.79 Å². The number of amides is 2. The van der Waals surface area contributed by atoms with Gasteiger partial charge in [-0.1, -0.05) is 35.5 Å². The number of aromatic nitrogens is 2. The van der Waals surface area contributed by atoms with E-state index in [-0.39, 0.29) is 29.2 Å². The Balaban J connectivity index is 1.39. The molecular weight excluding hydrogens is 465 g/mol. The van der Waals surface area contributed by atoms with E-state index in [0.29, 0.717) is 35.8 Å². The van der Waals surface area contributed by atoms with E-state index in [1.165, 1.54) is 30.3 Å². The molecule has 2 amide bonds. The number of rotatable bonds is 5. The minimum absolute atomic E-state index is 0.0833. The predicted octanol–water partition coefficient (Wildman–Crippen LogP) is 3.72. The van der Waals surface area contributed by atoms with E-state index in [1.807, 2.05) is 16.7 Å². The Labute approximate surface area is 202 Å². The predicted molar refractivity (Wildman–Crippen MR) is 127 cm³/mol. The Morgan fingerprint density at radius 1 is 1.12 bits per heavy atom. The van der Waals surface area contributed by atoms with Crippen LogP contribution in [0.15, 0.2) is 35.5 Å². The summed E-state index contributed by atoms with van der Waals surface area (Å²) in [5.41, 5.74) is 0.0833. The van der Waals surface area contributed by atoms with Crippen molar-refractivity contribution in [3.05, 3.63) is 46.9 Å². The molecule has 0 aliphatic carbocycles. The van der Waals surface area contributed by atoms with Crippen LogP contribution < -0.4 is 4.90 Å². The molecule has 2 aliphatic rings. The highest BCUT2D eigenvalue weighted by molar-refractivity contribution is 7.99. The van der Waals surface area contributed by atoms with Crippen LogP contribution in [0.5, 0.6) is 0 Å². The number of benzene rings is 1. The van der Waals surface area contributed by atoms with Crippen LogP contribution >= 0.6 is 23.4 Å². The summed E-state index contributed by atoms with van der Waals surface area (Å²) in [7, 11) is 0. The van der Waals surface area contributed by atoms with Crippen molar-refractivity contribution in [2.75, 3.05) is 43.4 Å². The van der Waals surface area contributed by atoms with Gasteiger partial charge in [-0.25, -0.2) is 14.4 Å². The van der Waals surface area contributed by atoms with Crippen molar-refractivity contribution in [2.45, 2.75) is 37.4 Å². The van der Waals surface area contributed by atoms with Crippen LogP contribution in [0.1, 0.15) is 36.5 Å². The lowest BCUT2D eigenvalue weighted by molar-refractivity contribution is -0.129. The number of likely N-dealkylation sites (tertiary alicyclic amines) is 1. The zero-order valence-electron chi connectivity index (χ0n) is 18.5. The van der Waals surface area contributed by atoms with Gasteiger partial charge >= 0.3 is 0 Å². The van der Waals surface area contributed by atoms with Gasteiger partial charge in [-0.3, -0.25) is 9.59 Å². The van der Waals surface area contributed by atoms with E-state index in [4.69, 9.17) is 11.6 Å². The zero-order chi connectivity index (χ0) is 23.4. The van der Waals surface area contributed by atoms with E-state index >= 15 is 0 Å². The van der Waals surface area contributed by atoms with Crippen LogP contribution in [0.4, 0.5) is 10.2 Å². The Bertz CT molecular complexity index is 1020. The molecular formula is C23H27ClFN5O2S. The second kappa shape index (κ2) is 10.7. The number of anilines is 1. The highest BCUT2D eigenvalue weighted by atomic mass is 35.5. The zero-order valence-corrected chi connectivity index (χ0v) is 20.1. The molecule has 3 heterocycles. The first kappa shape index (κ1) is 23.8. The van der Waals surface area contributed by atoms with Crippen molar-refractivity contribution in [1.82, 2.24) is 19.8 Å². The summed E-state index contributed by atoms with van der Waals surface area (Å²) in [4.78, 5) is 39.8. The molecule has 4 rings (SSSR count). The lowest BCUT2D eigenvalue weighted by Gasteiger charge is -2.40. The van der Waals surface area contributed by atoms with Crippen LogP contribution in [0.25, 0.3) is 0 Å². The molecule has 10 heteroatoms. The van der Waals surface area contributed by atoms with Crippen molar-refractivity contribution in [3.8, 4) is 0 Å². The van der Waals surface area contributed by atoms with Crippen molar-refractivity contribution in [3.63, 3.8) is 0 Å². The molecule has 2 fully saturated rings. The van der Waals surface area contributed by atoms with Crippen molar-refractivity contribution < 1.29 is 14.0 Å². The maximum atomic E-state index is 14.1. The average molecular weight is 492 g/mol. The number of carbonyl (C=O) groups is 2. The molecule has 1 aromatic heterocycles. The molecule has 0 bridgehead atoms. The Hall–Kier alpha value is -2.39. The number of hydrogen-bond acceptors (Lipinski definition) is 6. The molecule has 2 aromatic rings. The summed E-state index contributed by atoms with van der Waals surface area (Å²) in [5.74, 6) is 0.210. The quantitative estimate of drug-likeness (QED) is 0.360. The molecule has 7 nitrogen and oxygen atoms in total. The maximum absolute atomic E-state index is 14.1. The monoisotopic (exact) mass is 491 g/mol. The number of halogens is 2. The van der Waals surface area contributed by atoms with Crippen LogP contribution in [-0.4, -0.2) is 76.1 Å². The summed E-state index contributed by atoms with van der Waals surface area (Å²) in [6.45, 7) is 5.06. The van der Waals surface area contributed by atoms with Gasteiger partial charge in [0.25, 0.3) is 5.91 Å². The Kier molecular flexibility index (Phi) is 7.70. The molecule has 0 saturated carbocycles. The van der Waals surface area contributed by atoms with E-state index in [1.54, 1.807) is 23.1 Å². The van der Waals surface area contributed by atoms with Gasteiger partial charge in [0, 0.05) is 44.8 Å². The van der Waals surface area contributed by atoms with Gasteiger partial charge < -0.3 is 14.7 Å². The molecule has 2 saturated heterocycles. The number of carbonyl (C=O) groups excluding carboxylic acids is 2. The van der Waals surface area contributed by atoms with Gasteiger partial charge in [0.1, 0.15) is 16.8 Å². The number of piperidine rings is 1. The number of hydrogen-bond donors (Lipinski definition) is 0. The first-order chi connectivity index (χ1) is 15.9. The second-order valence-corrected chi connectivity index (χ2v) is 9.66. The van der Waals surface area contributed by atoms with E-state index < -0.39 is 5.82 Å². The summed E-state index contributed by atoms with van der Waals surface area (Å²) in [5, 5.41) is 0.769. The standard InChI is InChI=1S/C23H27ClFN5O2S/c1-16-14-29(11-12-30(16)22(32)17-7-3-4-8-18(17)25)20-13-19(24)26-23(27-20)33-15-21(31)28-9-5-2-6-10-28/h3-4,7-8,13,16H,2,5-6,9-12,14-15H2,1H3. The topological polar surface area (TPSA) is 69.6 Å². The normalized spacial score (nSPS) is 19.0. The third-order valence-electron chi connectivity index (χ3n) is 6.01. The molecule has 1 unspecified atom stereocenters. The van der Waals surface area contributed by atoms with E-state index in [2.05, 4.69) is 9.97 Å². The Morgan fingerprint density at radius 3 is 2.61 bits per heavy atom. The van der Waals surface area contributed by atoms with E-state index in [0.717, 1.165) is 25.9 Å². The summed E-state index contributed by atoms with van der Waals surface area (Å²) in [6, 6.07) is 7.59. The second-order valence-electron chi connectivity index (χ2n) is 8.33. The third kappa shape index (κ3) is 5.76. The molecule has 2 aliphatic heterocycles. The lowest BCUT2D eigenvalue weighted by Crippen LogP contribution is -2.54. The smallest absolute Gasteiger partial charge is 0.257 e. The highest BCUT2D eigenvalue weighted by Gasteiger charge is 2.30. The van der Waals surface area contributed by atoms with Crippen LogP contribution in [0, 0.1) is 5.82 Å². The van der Waals surface area contributed by atoms with Crippen LogP contribution in [0.3, 0.4) is 0 Å². The molecule has 1 atom stereocenters. The molecule has 33 heavy (non-hydrogen) atoms. The third-order valence-corrected chi connectivity index (χ3v) is 7.04. The summed E-state index contributed by atoms with van der Waals surface area (Å²) < 4.78 is 14.1. The maximum Gasteiger partial charge on any atom is 0.257 e.